The highest BCUT2D eigenvalue weighted by Gasteiger charge is 2.35. The van der Waals surface area contributed by atoms with Crippen LogP contribution in [0.1, 0.15) is 95.3 Å². The third-order valence-corrected chi connectivity index (χ3v) is 10.5. The van der Waals surface area contributed by atoms with E-state index in [9.17, 15) is 28.8 Å². The molecule has 0 spiro atoms. The van der Waals surface area contributed by atoms with Crippen molar-refractivity contribution in [2.45, 2.75) is 44.4 Å². The summed E-state index contributed by atoms with van der Waals surface area (Å²) in [7, 11) is 0. The van der Waals surface area contributed by atoms with Gasteiger partial charge in [0.2, 0.25) is 11.8 Å². The average Bonchev–Trinajstić information content (AvgIpc) is 3.48. The molecule has 18 heteroatoms. The Labute approximate surface area is 331 Å². The number of nitrogens with zero attached hydrogens (tertiary/aromatic N) is 6. The van der Waals surface area contributed by atoms with Crippen LogP contribution >= 0.6 is 0 Å². The third kappa shape index (κ3) is 7.85. The zero-order valence-corrected chi connectivity index (χ0v) is 31.5. The number of hydrogen-bond donors (Lipinski definition) is 3. The average molecular weight is 793 g/mol. The minimum atomic E-state index is -1.05. The minimum absolute atomic E-state index is 0.0671. The Balaban J connectivity index is 0.000000177. The van der Waals surface area contributed by atoms with Gasteiger partial charge in [0.15, 0.2) is 11.6 Å². The van der Waals surface area contributed by atoms with Gasteiger partial charge in [-0.15, -0.1) is 0 Å². The van der Waals surface area contributed by atoms with Gasteiger partial charge in [-0.25, -0.2) is 19.9 Å². The molecular weight excluding hydrogens is 752 g/mol. The lowest BCUT2D eigenvalue weighted by Crippen LogP contribution is -2.41. The van der Waals surface area contributed by atoms with Crippen LogP contribution < -0.4 is 20.9 Å². The molecule has 18 nitrogen and oxygen atoms in total. The van der Waals surface area contributed by atoms with Gasteiger partial charge in [0.25, 0.3) is 11.8 Å². The molecule has 2 aromatic heterocycles. The number of carbonyl (C=O) groups excluding carboxylic acids is 5. The second-order valence-corrected chi connectivity index (χ2v) is 14.0. The van der Waals surface area contributed by atoms with Crippen molar-refractivity contribution in [2.75, 3.05) is 57.5 Å². The summed E-state index contributed by atoms with van der Waals surface area (Å²) in [5.41, 5.74) is 16.4. The molecular formula is C40H40N8O10. The van der Waals surface area contributed by atoms with Gasteiger partial charge in [-0.05, 0) is 67.0 Å². The van der Waals surface area contributed by atoms with E-state index in [2.05, 4.69) is 19.9 Å². The number of anilines is 2. The van der Waals surface area contributed by atoms with E-state index in [-0.39, 0.29) is 77.6 Å². The summed E-state index contributed by atoms with van der Waals surface area (Å²) >= 11 is 0. The summed E-state index contributed by atoms with van der Waals surface area (Å²) in [5.74, 6) is -2.75. The molecule has 300 valence electrons. The van der Waals surface area contributed by atoms with Crippen molar-refractivity contribution in [3.05, 3.63) is 93.6 Å². The van der Waals surface area contributed by atoms with Crippen LogP contribution in [0.2, 0.25) is 0 Å². The number of aliphatic carboxylic acids is 1. The maximum absolute atomic E-state index is 13.2. The maximum Gasteiger partial charge on any atom is 0.325 e. The lowest BCUT2D eigenvalue weighted by Gasteiger charge is -2.28. The fourth-order valence-corrected chi connectivity index (χ4v) is 7.61. The van der Waals surface area contributed by atoms with Crippen molar-refractivity contribution in [1.29, 1.82) is 0 Å². The highest BCUT2D eigenvalue weighted by molar-refractivity contribution is 6.07. The van der Waals surface area contributed by atoms with Crippen molar-refractivity contribution in [2.24, 2.45) is 0 Å². The van der Waals surface area contributed by atoms with Gasteiger partial charge in [0.05, 0.1) is 31.7 Å². The largest absolute Gasteiger partial charge is 0.480 e. The van der Waals surface area contributed by atoms with E-state index in [1.807, 2.05) is 12.1 Å². The number of rotatable bonds is 7. The normalized spacial score (nSPS) is 18.4. The van der Waals surface area contributed by atoms with Gasteiger partial charge >= 0.3 is 11.9 Å². The molecule has 6 heterocycles. The summed E-state index contributed by atoms with van der Waals surface area (Å²) in [5, 5.41) is 8.94. The lowest BCUT2D eigenvalue weighted by molar-refractivity contribution is -0.144. The Morgan fingerprint density at radius 3 is 1.66 bits per heavy atom. The number of aromatic nitrogens is 4. The molecule has 58 heavy (non-hydrogen) atoms. The van der Waals surface area contributed by atoms with Crippen molar-refractivity contribution in [3.8, 4) is 11.8 Å². The predicted octanol–water partition coefficient (Wildman–Crippen LogP) is 2.26. The van der Waals surface area contributed by atoms with Gasteiger partial charge in [-0.1, -0.05) is 24.3 Å². The number of hydrogen-bond acceptors (Lipinski definition) is 15. The zero-order chi connectivity index (χ0) is 41.1. The van der Waals surface area contributed by atoms with Crippen LogP contribution in [-0.2, 0) is 27.2 Å². The third-order valence-electron chi connectivity index (χ3n) is 10.5. The molecule has 2 aromatic carbocycles. The second-order valence-electron chi connectivity index (χ2n) is 14.0. The molecule has 4 aromatic rings. The quantitative estimate of drug-likeness (QED) is 0.227. The molecule has 0 fully saturated rings. The van der Waals surface area contributed by atoms with E-state index in [0.29, 0.717) is 63.1 Å². The van der Waals surface area contributed by atoms with E-state index in [0.717, 1.165) is 22.3 Å². The molecule has 4 aliphatic rings. The molecule has 4 aliphatic heterocycles. The first kappa shape index (κ1) is 39.3. The standard InChI is InChI=1S/C21H22N4O5.C19H18N4O5/c1-2-29-16(26)10-25-7-5-13-9-12(3-4-15(13)21(25)28)14-6-8-30-20-17(18(14)27)19(22)23-11-24-20;20-17-15-16(26)12(4-6-28-18(15)22-9-21-17)10-1-2-13-11(7-10)3-5-23(19(13)27)8-14(24)25/h3-4,9,11,14H,2,5-8,10H2,1H3,(H2,22,23,24);1-2,7,9,12H,3-6,8H2,(H,24,25)(H2,20,21,22). The molecule has 0 saturated heterocycles. The Kier molecular flexibility index (Phi) is 11.3. The molecule has 2 unspecified atom stereocenters. The summed E-state index contributed by atoms with van der Waals surface area (Å²) in [6, 6.07) is 10.6. The number of carboxylic acids is 1. The van der Waals surface area contributed by atoms with Gasteiger partial charge in [-0.2, -0.15) is 0 Å². The van der Waals surface area contributed by atoms with Crippen molar-refractivity contribution in [3.63, 3.8) is 0 Å². The molecule has 8 rings (SSSR count). The molecule has 0 saturated carbocycles. The van der Waals surface area contributed by atoms with Gasteiger partial charge in [-0.3, -0.25) is 28.8 Å². The Morgan fingerprint density at radius 1 is 0.741 bits per heavy atom. The van der Waals surface area contributed by atoms with Crippen LogP contribution in [0.4, 0.5) is 11.6 Å². The summed E-state index contributed by atoms with van der Waals surface area (Å²) in [6.45, 7) is 2.98. The number of fused-ring (bicyclic) bond motifs is 4. The number of carbonyl (C=O) groups is 6. The first-order chi connectivity index (χ1) is 27.9. The van der Waals surface area contributed by atoms with Crippen LogP contribution in [0.3, 0.4) is 0 Å². The van der Waals surface area contributed by atoms with Crippen molar-refractivity contribution >= 4 is 47.0 Å². The fraction of sp³-hybridized carbons (Fsp3) is 0.350. The number of benzene rings is 2. The number of esters is 1. The summed E-state index contributed by atoms with van der Waals surface area (Å²) < 4.78 is 16.1. The minimum Gasteiger partial charge on any atom is -0.480 e. The van der Waals surface area contributed by atoms with E-state index in [1.165, 1.54) is 22.5 Å². The lowest BCUT2D eigenvalue weighted by atomic mass is 9.86. The van der Waals surface area contributed by atoms with Crippen LogP contribution in [0.5, 0.6) is 11.8 Å². The molecule has 5 N–H and O–H groups in total. The number of carboxylic acid groups (broad SMARTS) is 1. The number of ketones is 2. The highest BCUT2D eigenvalue weighted by atomic mass is 16.5. The van der Waals surface area contributed by atoms with Crippen LogP contribution in [-0.4, -0.2) is 116 Å². The Bertz CT molecular complexity index is 2330. The molecule has 2 amide bonds. The van der Waals surface area contributed by atoms with Crippen LogP contribution in [0.15, 0.2) is 49.1 Å². The molecule has 2 atom stereocenters. The van der Waals surface area contributed by atoms with Crippen LogP contribution in [0.25, 0.3) is 0 Å². The number of nitrogens with two attached hydrogens (primary N) is 2. The van der Waals surface area contributed by atoms with Crippen molar-refractivity contribution in [1.82, 2.24) is 29.7 Å². The second kappa shape index (κ2) is 16.6. The number of Topliss-reactive ketones (excluding diaryl/α,β-unsaturated/α-hetero) is 2. The van der Waals surface area contributed by atoms with E-state index >= 15 is 0 Å². The Morgan fingerprint density at radius 2 is 1.21 bits per heavy atom. The van der Waals surface area contributed by atoms with E-state index < -0.39 is 23.8 Å². The SMILES string of the molecule is CCOC(=O)CN1CCc2cc(C3CCOc4ncnc(N)c4C3=O)ccc2C1=O.Nc1ncnc2c1C(=O)C(c1ccc3c(c1)CCN(CC(=O)O)C3=O)CCO2. The van der Waals surface area contributed by atoms with E-state index in [1.54, 1.807) is 31.2 Å². The smallest absolute Gasteiger partial charge is 0.325 e. The van der Waals surface area contributed by atoms with E-state index in [4.69, 9.17) is 30.8 Å². The zero-order valence-electron chi connectivity index (χ0n) is 31.5. The summed E-state index contributed by atoms with van der Waals surface area (Å²) in [4.78, 5) is 92.8. The molecule has 0 aliphatic carbocycles. The predicted molar refractivity (Wildman–Crippen MR) is 204 cm³/mol. The monoisotopic (exact) mass is 792 g/mol. The molecule has 0 bridgehead atoms. The number of amides is 2. The first-order valence-electron chi connectivity index (χ1n) is 18.7. The number of ether oxygens (including phenoxy) is 3. The highest BCUT2D eigenvalue weighted by Crippen LogP contribution is 2.36. The maximum atomic E-state index is 13.2. The number of nitrogen functional groups attached to an aromatic ring is 2. The summed E-state index contributed by atoms with van der Waals surface area (Å²) in [6.07, 6.45) is 4.57. The molecule has 0 radical (unpaired) electrons. The van der Waals surface area contributed by atoms with Gasteiger partial charge < -0.3 is 40.6 Å². The Hall–Kier alpha value is -6.98. The van der Waals surface area contributed by atoms with Crippen molar-refractivity contribution < 1.29 is 48.1 Å². The topological polar surface area (TPSA) is 260 Å². The van der Waals surface area contributed by atoms with Gasteiger partial charge in [0.1, 0.15) is 48.5 Å². The van der Waals surface area contributed by atoms with Gasteiger partial charge in [0, 0.05) is 24.2 Å². The first-order valence-corrected chi connectivity index (χ1v) is 18.7. The fourth-order valence-electron chi connectivity index (χ4n) is 7.61. The van der Waals surface area contributed by atoms with Crippen LogP contribution in [0, 0.1) is 0 Å².